The first-order chi connectivity index (χ1) is 9.49. The van der Waals surface area contributed by atoms with E-state index in [1.807, 2.05) is 0 Å². The van der Waals surface area contributed by atoms with E-state index in [1.54, 1.807) is 0 Å². The van der Waals surface area contributed by atoms with Crippen LogP contribution < -0.4 is 4.74 Å². The fraction of sp³-hybridized carbons (Fsp3) is 0.667. The molecule has 0 heterocycles. The highest BCUT2D eigenvalue weighted by Gasteiger charge is 2.19. The largest absolute Gasteiger partial charge is 0.493 e. The van der Waals surface area contributed by atoms with Gasteiger partial charge in [-0.05, 0) is 41.9 Å². The van der Waals surface area contributed by atoms with Gasteiger partial charge >= 0.3 is 0 Å². The molecule has 0 unspecified atom stereocenters. The third-order valence-corrected chi connectivity index (χ3v) is 3.81. The summed E-state index contributed by atoms with van der Waals surface area (Å²) in [4.78, 5) is 0. The van der Waals surface area contributed by atoms with Gasteiger partial charge in [0.2, 0.25) is 0 Å². The van der Waals surface area contributed by atoms with Crippen LogP contribution in [0.5, 0.6) is 5.75 Å². The minimum atomic E-state index is 0.124. The maximum absolute atomic E-state index is 6.01. The molecule has 0 aliphatic rings. The molecule has 0 spiro atoms. The zero-order chi connectivity index (χ0) is 15.0. The van der Waals surface area contributed by atoms with E-state index in [0.29, 0.717) is 0 Å². The lowest BCUT2D eigenvalue weighted by molar-refractivity contribution is 0.297. The van der Waals surface area contributed by atoms with E-state index in [1.165, 1.54) is 24.0 Å². The van der Waals surface area contributed by atoms with Crippen molar-refractivity contribution in [3.8, 4) is 5.75 Å². The van der Waals surface area contributed by atoms with Crippen LogP contribution in [0.1, 0.15) is 64.5 Å². The van der Waals surface area contributed by atoms with Gasteiger partial charge in [0, 0.05) is 5.88 Å². The van der Waals surface area contributed by atoms with Crippen LogP contribution in [0.4, 0.5) is 0 Å². The van der Waals surface area contributed by atoms with Gasteiger partial charge in [0.25, 0.3) is 0 Å². The van der Waals surface area contributed by atoms with E-state index in [0.717, 1.165) is 37.5 Å². The summed E-state index contributed by atoms with van der Waals surface area (Å²) in [7, 11) is 0. The molecule has 1 aromatic rings. The van der Waals surface area contributed by atoms with Crippen LogP contribution in [0.15, 0.2) is 18.2 Å². The van der Waals surface area contributed by atoms with Crippen molar-refractivity contribution in [1.82, 2.24) is 0 Å². The Kier molecular flexibility index (Phi) is 7.43. The van der Waals surface area contributed by atoms with Gasteiger partial charge in [0.15, 0.2) is 0 Å². The van der Waals surface area contributed by atoms with Crippen molar-refractivity contribution in [2.45, 2.75) is 65.2 Å². The summed E-state index contributed by atoms with van der Waals surface area (Å²) in [6.45, 7) is 9.73. The predicted octanol–water partition coefficient (Wildman–Crippen LogP) is 5.72. The fourth-order valence-corrected chi connectivity index (χ4v) is 2.43. The van der Waals surface area contributed by atoms with Crippen molar-refractivity contribution in [2.24, 2.45) is 0 Å². The molecule has 0 aromatic heterocycles. The maximum Gasteiger partial charge on any atom is 0.123 e. The van der Waals surface area contributed by atoms with Crippen molar-refractivity contribution < 1.29 is 4.74 Å². The molecule has 0 saturated heterocycles. The van der Waals surface area contributed by atoms with Gasteiger partial charge in [-0.2, -0.15) is 0 Å². The van der Waals surface area contributed by atoms with Crippen LogP contribution in [-0.4, -0.2) is 12.5 Å². The average molecular weight is 297 g/mol. The Bertz CT molecular complexity index is 393. The second-order valence-electron chi connectivity index (χ2n) is 6.39. The molecule has 1 rings (SSSR count). The first-order valence-corrected chi connectivity index (χ1v) is 8.34. The van der Waals surface area contributed by atoms with Crippen LogP contribution in [0.3, 0.4) is 0 Å². The molecule has 0 aliphatic heterocycles. The quantitative estimate of drug-likeness (QED) is 0.440. The van der Waals surface area contributed by atoms with E-state index in [4.69, 9.17) is 16.3 Å². The molecule has 1 aromatic carbocycles. The van der Waals surface area contributed by atoms with E-state index >= 15 is 0 Å². The van der Waals surface area contributed by atoms with Crippen LogP contribution in [-0.2, 0) is 11.8 Å². The number of hydrogen-bond acceptors (Lipinski definition) is 1. The number of ether oxygens (including phenoxy) is 1. The number of unbranched alkanes of at least 4 members (excludes halogenated alkanes) is 3. The third-order valence-electron chi connectivity index (χ3n) is 3.55. The summed E-state index contributed by atoms with van der Waals surface area (Å²) in [5.74, 6) is 1.82. The minimum absolute atomic E-state index is 0.124. The number of hydrogen-bond donors (Lipinski definition) is 0. The molecule has 0 atom stereocenters. The smallest absolute Gasteiger partial charge is 0.123 e. The monoisotopic (exact) mass is 296 g/mol. The summed E-state index contributed by atoms with van der Waals surface area (Å²) in [6, 6.07) is 6.61. The normalized spacial score (nSPS) is 11.7. The lowest BCUT2D eigenvalue weighted by Crippen LogP contribution is -2.14. The maximum atomic E-state index is 6.01. The molecule has 20 heavy (non-hydrogen) atoms. The number of halogens is 1. The summed E-state index contributed by atoms with van der Waals surface area (Å²) < 4.78 is 6.01. The molecule has 0 N–H and O–H groups in total. The molecule has 0 saturated carbocycles. The Balaban J connectivity index is 2.60. The number of rotatable bonds is 8. The van der Waals surface area contributed by atoms with Gasteiger partial charge < -0.3 is 4.74 Å². The molecule has 0 fully saturated rings. The van der Waals surface area contributed by atoms with Crippen molar-refractivity contribution in [2.75, 3.05) is 12.5 Å². The van der Waals surface area contributed by atoms with Gasteiger partial charge in [-0.15, -0.1) is 11.6 Å². The van der Waals surface area contributed by atoms with Crippen LogP contribution in [0, 0.1) is 0 Å². The fourth-order valence-electron chi connectivity index (χ4n) is 2.24. The molecule has 0 bridgehead atoms. The summed E-state index contributed by atoms with van der Waals surface area (Å²) >= 11 is 5.68. The Labute approximate surface area is 129 Å². The SMILES string of the molecule is CCc1ccc(OCCCCCCCl)c(C(C)(C)C)c1. The molecule has 1 nitrogen and oxygen atoms in total. The number of benzene rings is 1. The van der Waals surface area contributed by atoms with Crippen molar-refractivity contribution >= 4 is 11.6 Å². The van der Waals surface area contributed by atoms with E-state index in [2.05, 4.69) is 45.9 Å². The lowest BCUT2D eigenvalue weighted by atomic mass is 9.85. The van der Waals surface area contributed by atoms with Crippen molar-refractivity contribution in [3.63, 3.8) is 0 Å². The summed E-state index contributed by atoms with van der Waals surface area (Å²) in [5.41, 5.74) is 2.82. The molecule has 0 amide bonds. The molecule has 114 valence electrons. The Morgan fingerprint density at radius 3 is 2.35 bits per heavy atom. The third kappa shape index (κ3) is 5.75. The van der Waals surface area contributed by atoms with Gasteiger partial charge in [0.1, 0.15) is 5.75 Å². The molecular weight excluding hydrogens is 268 g/mol. The first-order valence-electron chi connectivity index (χ1n) is 7.81. The lowest BCUT2D eigenvalue weighted by Gasteiger charge is -2.23. The van der Waals surface area contributed by atoms with Crippen molar-refractivity contribution in [3.05, 3.63) is 29.3 Å². The highest BCUT2D eigenvalue weighted by molar-refractivity contribution is 6.17. The zero-order valence-electron chi connectivity index (χ0n) is 13.5. The number of aryl methyl sites for hydroxylation is 1. The minimum Gasteiger partial charge on any atom is -0.493 e. The van der Waals surface area contributed by atoms with Crippen LogP contribution in [0.2, 0.25) is 0 Å². The molecule has 2 heteroatoms. The zero-order valence-corrected chi connectivity index (χ0v) is 14.2. The van der Waals surface area contributed by atoms with Crippen LogP contribution >= 0.6 is 11.6 Å². The van der Waals surface area contributed by atoms with E-state index in [-0.39, 0.29) is 5.41 Å². The molecule has 0 aliphatic carbocycles. The molecular formula is C18H29ClO. The molecule has 0 radical (unpaired) electrons. The topological polar surface area (TPSA) is 9.23 Å². The van der Waals surface area contributed by atoms with Gasteiger partial charge in [0.05, 0.1) is 6.61 Å². The van der Waals surface area contributed by atoms with Crippen LogP contribution in [0.25, 0.3) is 0 Å². The average Bonchev–Trinajstić information content (AvgIpc) is 2.41. The standard InChI is InChI=1S/C18H29ClO/c1-5-15-10-11-17(16(14-15)18(2,3)4)20-13-9-7-6-8-12-19/h10-11,14H,5-9,12-13H2,1-4H3. The van der Waals surface area contributed by atoms with E-state index in [9.17, 15) is 0 Å². The Morgan fingerprint density at radius 2 is 1.75 bits per heavy atom. The van der Waals surface area contributed by atoms with Gasteiger partial charge in [-0.1, -0.05) is 52.7 Å². The predicted molar refractivity (Wildman–Crippen MR) is 89.2 cm³/mol. The second kappa shape index (κ2) is 8.56. The number of alkyl halides is 1. The van der Waals surface area contributed by atoms with Gasteiger partial charge in [-0.3, -0.25) is 0 Å². The Morgan fingerprint density at radius 1 is 1.05 bits per heavy atom. The first kappa shape index (κ1) is 17.4. The van der Waals surface area contributed by atoms with E-state index < -0.39 is 0 Å². The highest BCUT2D eigenvalue weighted by Crippen LogP contribution is 2.32. The second-order valence-corrected chi connectivity index (χ2v) is 6.76. The highest BCUT2D eigenvalue weighted by atomic mass is 35.5. The van der Waals surface area contributed by atoms with Crippen molar-refractivity contribution in [1.29, 1.82) is 0 Å². The Hall–Kier alpha value is -0.690. The summed E-state index contributed by atoms with van der Waals surface area (Å²) in [6.07, 6.45) is 5.69. The van der Waals surface area contributed by atoms with Gasteiger partial charge in [-0.25, -0.2) is 0 Å². The summed E-state index contributed by atoms with van der Waals surface area (Å²) in [5, 5.41) is 0.